The second-order valence-corrected chi connectivity index (χ2v) is 8.54. The fourth-order valence-electron chi connectivity index (χ4n) is 1.26. The van der Waals surface area contributed by atoms with Gasteiger partial charge in [-0.3, -0.25) is 0 Å². The number of nitrogens with zero attached hydrogens (tertiary/aromatic N) is 3. The molecule has 1 saturated heterocycles. The Morgan fingerprint density at radius 2 is 2.15 bits per heavy atom. The van der Waals surface area contributed by atoms with Crippen molar-refractivity contribution in [1.82, 2.24) is 0 Å². The van der Waals surface area contributed by atoms with Crippen LogP contribution in [0.2, 0.25) is 19.6 Å². The molecule has 1 fully saturated rings. The highest BCUT2D eigenvalue weighted by Crippen LogP contribution is 2.18. The molecule has 74 valence electrons. The monoisotopic (exact) mass is 201 g/mol. The molecule has 0 saturated carbocycles. The maximum absolute atomic E-state index is 8.30. The molecule has 2 atom stereocenters. The van der Waals surface area contributed by atoms with E-state index in [1.807, 2.05) is 0 Å². The summed E-state index contributed by atoms with van der Waals surface area (Å²) >= 11 is 0. The predicted octanol–water partition coefficient (Wildman–Crippen LogP) is 1.92. The smallest absolute Gasteiger partial charge is 0.184 e. The first-order valence-electron chi connectivity index (χ1n) is 4.33. The molecule has 0 unspecified atom stereocenters. The molecule has 0 aliphatic carbocycles. The molecular formula is C7H15N3O2Si. The van der Waals surface area contributed by atoms with Gasteiger partial charge in [-0.15, -0.1) is 0 Å². The standard InChI is InChI=1S/C7H15N3O2Si/c1-13(2,3)12-7-5-11-4-6(7)9-10-8/h6-7H,4-5H2,1-3H3/t6-,7-/m0/s1. The van der Waals surface area contributed by atoms with Crippen LogP contribution in [0.15, 0.2) is 5.11 Å². The summed E-state index contributed by atoms with van der Waals surface area (Å²) in [6, 6.07) is -0.142. The molecule has 0 N–H and O–H groups in total. The minimum absolute atomic E-state index is 0.0393. The second kappa shape index (κ2) is 4.10. The van der Waals surface area contributed by atoms with E-state index in [1.54, 1.807) is 0 Å². The molecule has 1 heterocycles. The normalized spacial score (nSPS) is 28.5. The Morgan fingerprint density at radius 3 is 2.69 bits per heavy atom. The van der Waals surface area contributed by atoms with Crippen LogP contribution >= 0.6 is 0 Å². The lowest BCUT2D eigenvalue weighted by Gasteiger charge is -2.24. The Balaban J connectivity index is 2.53. The van der Waals surface area contributed by atoms with Gasteiger partial charge in [0.05, 0.1) is 25.4 Å². The molecule has 0 spiro atoms. The van der Waals surface area contributed by atoms with Gasteiger partial charge in [-0.25, -0.2) is 0 Å². The highest BCUT2D eigenvalue weighted by molar-refractivity contribution is 6.69. The third-order valence-electron chi connectivity index (χ3n) is 1.70. The molecule has 1 aliphatic heterocycles. The number of hydrogen-bond acceptors (Lipinski definition) is 3. The molecule has 0 aromatic heterocycles. The van der Waals surface area contributed by atoms with Crippen LogP contribution in [0.4, 0.5) is 0 Å². The van der Waals surface area contributed by atoms with E-state index < -0.39 is 8.32 Å². The predicted molar refractivity (Wildman–Crippen MR) is 52.0 cm³/mol. The van der Waals surface area contributed by atoms with E-state index in [1.165, 1.54) is 0 Å². The molecule has 0 aromatic rings. The van der Waals surface area contributed by atoms with Crippen molar-refractivity contribution in [1.29, 1.82) is 0 Å². The van der Waals surface area contributed by atoms with Gasteiger partial charge in [0.2, 0.25) is 0 Å². The van der Waals surface area contributed by atoms with Crippen LogP contribution in [0.1, 0.15) is 0 Å². The van der Waals surface area contributed by atoms with Crippen molar-refractivity contribution in [3.63, 3.8) is 0 Å². The van der Waals surface area contributed by atoms with Crippen LogP contribution in [0.3, 0.4) is 0 Å². The van der Waals surface area contributed by atoms with Gasteiger partial charge in [0, 0.05) is 4.91 Å². The van der Waals surface area contributed by atoms with Gasteiger partial charge >= 0.3 is 0 Å². The van der Waals surface area contributed by atoms with E-state index >= 15 is 0 Å². The Kier molecular flexibility index (Phi) is 3.32. The minimum atomic E-state index is -1.56. The third kappa shape index (κ3) is 3.36. The van der Waals surface area contributed by atoms with E-state index in [4.69, 9.17) is 14.7 Å². The molecule has 5 nitrogen and oxygen atoms in total. The van der Waals surface area contributed by atoms with Crippen molar-refractivity contribution in [2.75, 3.05) is 13.2 Å². The first kappa shape index (κ1) is 10.5. The van der Waals surface area contributed by atoms with Crippen molar-refractivity contribution in [2.45, 2.75) is 31.8 Å². The van der Waals surface area contributed by atoms with Crippen molar-refractivity contribution < 1.29 is 9.16 Å². The number of hydrogen-bond donors (Lipinski definition) is 0. The van der Waals surface area contributed by atoms with Crippen LogP contribution in [0.5, 0.6) is 0 Å². The van der Waals surface area contributed by atoms with Crippen LogP contribution in [-0.2, 0) is 9.16 Å². The van der Waals surface area contributed by atoms with Crippen LogP contribution in [0, 0.1) is 0 Å². The fraction of sp³-hybridized carbons (Fsp3) is 1.00. The third-order valence-corrected chi connectivity index (χ3v) is 2.71. The zero-order valence-corrected chi connectivity index (χ0v) is 9.23. The molecule has 0 aromatic carbocycles. The van der Waals surface area contributed by atoms with Crippen molar-refractivity contribution in [3.8, 4) is 0 Å². The summed E-state index contributed by atoms with van der Waals surface area (Å²) < 4.78 is 11.0. The van der Waals surface area contributed by atoms with Gasteiger partial charge < -0.3 is 9.16 Å². The number of azide groups is 1. The van der Waals surface area contributed by atoms with Crippen molar-refractivity contribution in [3.05, 3.63) is 10.4 Å². The lowest BCUT2D eigenvalue weighted by molar-refractivity contribution is 0.136. The zero-order chi connectivity index (χ0) is 9.90. The molecule has 0 bridgehead atoms. The van der Waals surface area contributed by atoms with E-state index in [-0.39, 0.29) is 12.1 Å². The molecule has 1 aliphatic rings. The summed E-state index contributed by atoms with van der Waals surface area (Å²) in [6.45, 7) is 7.36. The summed E-state index contributed by atoms with van der Waals surface area (Å²) in [5, 5.41) is 3.64. The molecular weight excluding hydrogens is 186 g/mol. The Bertz CT molecular complexity index is 222. The lowest BCUT2D eigenvalue weighted by Crippen LogP contribution is -2.37. The maximum Gasteiger partial charge on any atom is 0.184 e. The summed E-state index contributed by atoms with van der Waals surface area (Å²) in [4.78, 5) is 2.78. The first-order chi connectivity index (χ1) is 6.03. The molecule has 1 rings (SSSR count). The Hall–Kier alpha value is -0.553. The Morgan fingerprint density at radius 1 is 1.46 bits per heavy atom. The van der Waals surface area contributed by atoms with Gasteiger partial charge in [0.25, 0.3) is 0 Å². The van der Waals surface area contributed by atoms with E-state index in [0.29, 0.717) is 13.2 Å². The highest BCUT2D eigenvalue weighted by atomic mass is 28.4. The van der Waals surface area contributed by atoms with Gasteiger partial charge in [-0.05, 0) is 25.2 Å². The van der Waals surface area contributed by atoms with Crippen LogP contribution in [-0.4, -0.2) is 33.7 Å². The number of rotatable bonds is 3. The topological polar surface area (TPSA) is 67.2 Å². The average Bonchev–Trinajstić information content (AvgIpc) is 2.34. The van der Waals surface area contributed by atoms with Crippen molar-refractivity contribution >= 4 is 8.32 Å². The summed E-state index contributed by atoms with van der Waals surface area (Å²) in [7, 11) is -1.56. The van der Waals surface area contributed by atoms with Gasteiger partial charge in [0.15, 0.2) is 8.32 Å². The average molecular weight is 201 g/mol. The molecule has 13 heavy (non-hydrogen) atoms. The first-order valence-corrected chi connectivity index (χ1v) is 7.73. The minimum Gasteiger partial charge on any atom is -0.412 e. The summed E-state index contributed by atoms with van der Waals surface area (Å²) in [5.74, 6) is 0. The number of ether oxygens (including phenoxy) is 1. The van der Waals surface area contributed by atoms with Crippen molar-refractivity contribution in [2.24, 2.45) is 5.11 Å². The summed E-state index contributed by atoms with van der Waals surface area (Å²) in [5.41, 5.74) is 8.30. The SMILES string of the molecule is C[Si](C)(C)O[C@H]1COC[C@@H]1N=[N+]=[N-]. The van der Waals surface area contributed by atoms with Crippen LogP contribution < -0.4 is 0 Å². The van der Waals surface area contributed by atoms with E-state index in [9.17, 15) is 0 Å². The fourth-order valence-corrected chi connectivity index (χ4v) is 2.40. The van der Waals surface area contributed by atoms with E-state index in [0.717, 1.165) is 0 Å². The second-order valence-electron chi connectivity index (χ2n) is 4.08. The van der Waals surface area contributed by atoms with E-state index in [2.05, 4.69) is 29.7 Å². The maximum atomic E-state index is 8.30. The lowest BCUT2D eigenvalue weighted by atomic mass is 10.2. The largest absolute Gasteiger partial charge is 0.412 e. The molecule has 6 heteroatoms. The van der Waals surface area contributed by atoms with Gasteiger partial charge in [-0.1, -0.05) is 5.11 Å². The zero-order valence-electron chi connectivity index (χ0n) is 8.23. The molecule has 0 radical (unpaired) electrons. The Labute approximate surface area is 78.8 Å². The van der Waals surface area contributed by atoms with Crippen LogP contribution in [0.25, 0.3) is 10.4 Å². The highest BCUT2D eigenvalue weighted by Gasteiger charge is 2.32. The quantitative estimate of drug-likeness (QED) is 0.303. The van der Waals surface area contributed by atoms with Gasteiger partial charge in [-0.2, -0.15) is 0 Å². The van der Waals surface area contributed by atoms with Gasteiger partial charge in [0.1, 0.15) is 0 Å². The molecule has 0 amide bonds. The summed E-state index contributed by atoms with van der Waals surface area (Å²) in [6.07, 6.45) is -0.0393.